The average Bonchev–Trinajstić information content (AvgIpc) is 2.79. The molecule has 10 heteroatoms. The van der Waals surface area contributed by atoms with Gasteiger partial charge in [-0.05, 0) is 26.0 Å². The van der Waals surface area contributed by atoms with Gasteiger partial charge in [-0.3, -0.25) is 19.6 Å². The molecule has 1 heterocycles. The second-order valence-electron chi connectivity index (χ2n) is 5.00. The molecular weight excluding hydrogens is 382 g/mol. The lowest BCUT2D eigenvalue weighted by molar-refractivity contribution is -0.385. The summed E-state index contributed by atoms with van der Waals surface area (Å²) in [4.78, 5) is 22.0. The van der Waals surface area contributed by atoms with Crippen LogP contribution in [0.25, 0.3) is 0 Å². The van der Waals surface area contributed by atoms with Crippen LogP contribution in [-0.2, 0) is 11.3 Å². The van der Waals surface area contributed by atoms with Gasteiger partial charge in [0.05, 0.1) is 16.8 Å². The minimum absolute atomic E-state index is 0.0123. The van der Waals surface area contributed by atoms with Crippen molar-refractivity contribution in [3.8, 4) is 5.75 Å². The van der Waals surface area contributed by atoms with Gasteiger partial charge < -0.3 is 5.11 Å². The summed E-state index contributed by atoms with van der Waals surface area (Å²) in [6.45, 7) is 3.64. The first-order valence-corrected chi connectivity index (χ1v) is 7.57. The molecule has 0 saturated carbocycles. The van der Waals surface area contributed by atoms with Crippen LogP contribution in [0.3, 0.4) is 0 Å². The third-order valence-corrected chi connectivity index (χ3v) is 3.53. The molecule has 0 aliphatic rings. The van der Waals surface area contributed by atoms with Crippen LogP contribution in [0.4, 0.5) is 5.69 Å². The molecule has 0 aliphatic heterocycles. The fourth-order valence-corrected chi connectivity index (χ4v) is 2.49. The van der Waals surface area contributed by atoms with E-state index in [-0.39, 0.29) is 12.1 Å². The van der Waals surface area contributed by atoms with Crippen molar-refractivity contribution in [1.29, 1.82) is 0 Å². The van der Waals surface area contributed by atoms with Crippen LogP contribution in [0.2, 0.25) is 0 Å². The summed E-state index contributed by atoms with van der Waals surface area (Å²) in [5.74, 6) is -0.943. The SMILES string of the molecule is Cc1cc(C)n(CC(=O)N/N=C\c2cc(Br)cc([N+](=O)[O-])c2O)n1. The molecular formula is C14H14BrN5O4. The van der Waals surface area contributed by atoms with Crippen LogP contribution in [0, 0.1) is 24.0 Å². The highest BCUT2D eigenvalue weighted by molar-refractivity contribution is 9.10. The lowest BCUT2D eigenvalue weighted by Gasteiger charge is -2.04. The number of benzene rings is 1. The van der Waals surface area contributed by atoms with Crippen LogP contribution in [0.5, 0.6) is 5.75 Å². The van der Waals surface area contributed by atoms with Crippen LogP contribution < -0.4 is 5.43 Å². The van der Waals surface area contributed by atoms with Gasteiger partial charge in [-0.25, -0.2) is 5.43 Å². The van der Waals surface area contributed by atoms with E-state index in [1.54, 1.807) is 0 Å². The molecule has 1 aromatic heterocycles. The van der Waals surface area contributed by atoms with Crippen molar-refractivity contribution >= 4 is 33.7 Å². The Kier molecular flexibility index (Phi) is 5.29. The normalized spacial score (nSPS) is 11.0. The van der Waals surface area contributed by atoms with Crippen molar-refractivity contribution in [3.05, 3.63) is 49.7 Å². The number of phenolic OH excluding ortho intramolecular Hbond substituents is 1. The molecule has 2 aromatic rings. The number of hydrogen-bond donors (Lipinski definition) is 2. The Hall–Kier alpha value is -2.75. The Morgan fingerprint density at radius 1 is 1.50 bits per heavy atom. The van der Waals surface area contributed by atoms with E-state index in [4.69, 9.17) is 0 Å². The number of nitrogens with zero attached hydrogens (tertiary/aromatic N) is 4. The minimum Gasteiger partial charge on any atom is -0.502 e. The van der Waals surface area contributed by atoms with E-state index in [1.807, 2.05) is 19.9 Å². The molecule has 0 spiro atoms. The molecule has 1 amide bonds. The van der Waals surface area contributed by atoms with E-state index >= 15 is 0 Å². The standard InChI is InChI=1S/C14H14BrN5O4/c1-8-3-9(2)19(18-8)7-13(21)17-16-6-10-4-11(15)5-12(14(10)22)20(23)24/h3-6,22H,7H2,1-2H3,(H,17,21)/b16-6-. The van der Waals surface area contributed by atoms with Crippen LogP contribution in [-0.4, -0.2) is 31.9 Å². The van der Waals surface area contributed by atoms with E-state index in [2.05, 4.69) is 31.6 Å². The number of carbonyl (C=O) groups excluding carboxylic acids is 1. The molecule has 1 aromatic carbocycles. The molecule has 0 aliphatic carbocycles. The molecule has 0 bridgehead atoms. The summed E-state index contributed by atoms with van der Waals surface area (Å²) in [5, 5.41) is 28.6. The first-order valence-electron chi connectivity index (χ1n) is 6.77. The lowest BCUT2D eigenvalue weighted by atomic mass is 10.2. The van der Waals surface area contributed by atoms with Crippen LogP contribution in [0.1, 0.15) is 17.0 Å². The van der Waals surface area contributed by atoms with Crippen molar-refractivity contribution in [1.82, 2.24) is 15.2 Å². The number of nitrogens with one attached hydrogen (secondary N) is 1. The molecule has 9 nitrogen and oxygen atoms in total. The number of hydrogen-bond acceptors (Lipinski definition) is 6. The minimum atomic E-state index is -0.709. The highest BCUT2D eigenvalue weighted by Crippen LogP contribution is 2.32. The zero-order valence-electron chi connectivity index (χ0n) is 12.9. The van der Waals surface area contributed by atoms with Crippen LogP contribution >= 0.6 is 15.9 Å². The predicted octanol–water partition coefficient (Wildman–Crippen LogP) is 2.03. The van der Waals surface area contributed by atoms with E-state index in [0.717, 1.165) is 17.6 Å². The third-order valence-electron chi connectivity index (χ3n) is 3.07. The fourth-order valence-electron chi connectivity index (χ4n) is 2.02. The lowest BCUT2D eigenvalue weighted by Crippen LogP contribution is -2.24. The fraction of sp³-hybridized carbons (Fsp3) is 0.214. The van der Waals surface area contributed by atoms with E-state index < -0.39 is 22.3 Å². The van der Waals surface area contributed by atoms with Gasteiger partial charge in [0.15, 0.2) is 0 Å². The Morgan fingerprint density at radius 3 is 2.79 bits per heavy atom. The predicted molar refractivity (Wildman–Crippen MR) is 89.9 cm³/mol. The zero-order chi connectivity index (χ0) is 17.9. The smallest absolute Gasteiger partial charge is 0.312 e. The van der Waals surface area contributed by atoms with Gasteiger partial charge in [0.25, 0.3) is 5.91 Å². The number of halogens is 1. The number of amides is 1. The number of nitro benzene ring substituents is 1. The highest BCUT2D eigenvalue weighted by atomic mass is 79.9. The molecule has 0 unspecified atom stereocenters. The van der Waals surface area contributed by atoms with Crippen LogP contribution in [0.15, 0.2) is 27.8 Å². The van der Waals surface area contributed by atoms with Gasteiger partial charge >= 0.3 is 5.69 Å². The monoisotopic (exact) mass is 395 g/mol. The average molecular weight is 396 g/mol. The molecule has 0 atom stereocenters. The first kappa shape index (κ1) is 17.6. The van der Waals surface area contributed by atoms with Crippen molar-refractivity contribution < 1.29 is 14.8 Å². The summed E-state index contributed by atoms with van der Waals surface area (Å²) >= 11 is 3.11. The third kappa shape index (κ3) is 4.16. The molecule has 0 radical (unpaired) electrons. The largest absolute Gasteiger partial charge is 0.502 e. The van der Waals surface area contributed by atoms with Gasteiger partial charge in [0.1, 0.15) is 6.54 Å². The summed E-state index contributed by atoms with van der Waals surface area (Å²) < 4.78 is 1.93. The molecule has 2 N–H and O–H groups in total. The number of aromatic nitrogens is 2. The number of carbonyl (C=O) groups is 1. The van der Waals surface area contributed by atoms with E-state index in [0.29, 0.717) is 4.47 Å². The van der Waals surface area contributed by atoms with Gasteiger partial charge in [0.2, 0.25) is 5.75 Å². The molecule has 126 valence electrons. The van der Waals surface area contributed by atoms with E-state index in [1.165, 1.54) is 16.8 Å². The number of hydrazone groups is 1. The molecule has 0 fully saturated rings. The Morgan fingerprint density at radius 2 is 2.21 bits per heavy atom. The second-order valence-corrected chi connectivity index (χ2v) is 5.91. The number of aryl methyl sites for hydroxylation is 2. The number of nitro groups is 1. The van der Waals surface area contributed by atoms with Gasteiger partial charge in [0, 0.05) is 21.8 Å². The first-order chi connectivity index (χ1) is 11.3. The summed E-state index contributed by atoms with van der Waals surface area (Å²) in [7, 11) is 0. The van der Waals surface area contributed by atoms with Gasteiger partial charge in [-0.15, -0.1) is 0 Å². The maximum atomic E-state index is 11.8. The molecule has 0 saturated heterocycles. The zero-order valence-corrected chi connectivity index (χ0v) is 14.4. The Labute approximate surface area is 145 Å². The number of phenols is 1. The Bertz CT molecular complexity index is 831. The topological polar surface area (TPSA) is 123 Å². The van der Waals surface area contributed by atoms with Crippen molar-refractivity contribution in [2.75, 3.05) is 0 Å². The van der Waals surface area contributed by atoms with Gasteiger partial charge in [-0.1, -0.05) is 15.9 Å². The summed E-state index contributed by atoms with van der Waals surface area (Å²) in [5.41, 5.74) is 3.57. The van der Waals surface area contributed by atoms with Gasteiger partial charge in [-0.2, -0.15) is 10.2 Å². The molecule has 2 rings (SSSR count). The molecule has 24 heavy (non-hydrogen) atoms. The second kappa shape index (κ2) is 7.21. The van der Waals surface area contributed by atoms with Crippen molar-refractivity contribution in [2.24, 2.45) is 5.10 Å². The van der Waals surface area contributed by atoms with Crippen molar-refractivity contribution in [3.63, 3.8) is 0 Å². The Balaban J connectivity index is 2.07. The highest BCUT2D eigenvalue weighted by Gasteiger charge is 2.17. The number of rotatable bonds is 5. The summed E-state index contributed by atoms with van der Waals surface area (Å²) in [6, 6.07) is 4.46. The summed E-state index contributed by atoms with van der Waals surface area (Å²) in [6.07, 6.45) is 1.13. The maximum Gasteiger partial charge on any atom is 0.312 e. The maximum absolute atomic E-state index is 11.8. The van der Waals surface area contributed by atoms with Crippen molar-refractivity contribution in [2.45, 2.75) is 20.4 Å². The van der Waals surface area contributed by atoms with E-state index in [9.17, 15) is 20.0 Å². The quantitative estimate of drug-likeness (QED) is 0.455. The number of aromatic hydroxyl groups is 1.